The first-order valence-corrected chi connectivity index (χ1v) is 9.70. The van der Waals surface area contributed by atoms with Gasteiger partial charge in [0.25, 0.3) is 5.82 Å². The first-order valence-electron chi connectivity index (χ1n) is 9.70. The van der Waals surface area contributed by atoms with Crippen molar-refractivity contribution in [2.45, 2.75) is 24.5 Å². The van der Waals surface area contributed by atoms with Crippen molar-refractivity contribution in [3.05, 3.63) is 83.9 Å². The third-order valence-corrected chi connectivity index (χ3v) is 4.84. The second kappa shape index (κ2) is 9.38. The second-order valence-electron chi connectivity index (χ2n) is 6.88. The Morgan fingerprint density at radius 1 is 1.00 bits per heavy atom. The standard InChI is InChI=1S/C22H18N4O6/c23-11-17-24-13-26(25-17)20-19(32-22(29)15-9-5-2-6-10-15)18(16(12-27)30-20)31-21(28)14-7-3-1-4-8-14/h1-10,13,16,18-20,27H,12H2/t16-,18?,19-,20-/m1/s1. The Bertz CT molecular complexity index is 1130. The minimum absolute atomic E-state index is 0.119. The predicted octanol–water partition coefficient (Wildman–Crippen LogP) is 1.49. The van der Waals surface area contributed by atoms with Crippen LogP contribution in [0, 0.1) is 11.3 Å². The lowest BCUT2D eigenvalue weighted by molar-refractivity contribution is -0.0641. The zero-order valence-corrected chi connectivity index (χ0v) is 16.6. The van der Waals surface area contributed by atoms with Gasteiger partial charge in [0, 0.05) is 0 Å². The van der Waals surface area contributed by atoms with E-state index in [0.29, 0.717) is 0 Å². The molecule has 1 aliphatic rings. The Kier molecular flexibility index (Phi) is 6.21. The number of esters is 2. The summed E-state index contributed by atoms with van der Waals surface area (Å²) in [5, 5.41) is 22.9. The smallest absolute Gasteiger partial charge is 0.338 e. The van der Waals surface area contributed by atoms with E-state index in [4.69, 9.17) is 19.5 Å². The van der Waals surface area contributed by atoms with Crippen LogP contribution < -0.4 is 0 Å². The van der Waals surface area contributed by atoms with Crippen molar-refractivity contribution in [3.63, 3.8) is 0 Å². The van der Waals surface area contributed by atoms with E-state index in [9.17, 15) is 14.7 Å². The molecule has 162 valence electrons. The maximum atomic E-state index is 12.8. The van der Waals surface area contributed by atoms with E-state index in [1.54, 1.807) is 66.7 Å². The van der Waals surface area contributed by atoms with Crippen LogP contribution in [0.4, 0.5) is 0 Å². The largest absolute Gasteiger partial charge is 0.452 e. The van der Waals surface area contributed by atoms with Crippen LogP contribution >= 0.6 is 0 Å². The summed E-state index contributed by atoms with van der Waals surface area (Å²) >= 11 is 0. The molecule has 3 aromatic rings. The molecule has 4 atom stereocenters. The Balaban J connectivity index is 1.65. The fraction of sp³-hybridized carbons (Fsp3) is 0.227. The Labute approximate surface area is 182 Å². The summed E-state index contributed by atoms with van der Waals surface area (Å²) in [5.74, 6) is -1.47. The molecule has 0 radical (unpaired) electrons. The molecule has 0 saturated carbocycles. The number of aliphatic hydroxyl groups excluding tert-OH is 1. The monoisotopic (exact) mass is 434 g/mol. The third kappa shape index (κ3) is 4.34. The van der Waals surface area contributed by atoms with Gasteiger partial charge in [-0.1, -0.05) is 36.4 Å². The quantitative estimate of drug-likeness (QED) is 0.572. The topological polar surface area (TPSA) is 137 Å². The van der Waals surface area contributed by atoms with Crippen molar-refractivity contribution in [3.8, 4) is 6.07 Å². The number of carbonyl (C=O) groups is 2. The highest BCUT2D eigenvalue weighted by atomic mass is 16.6. The van der Waals surface area contributed by atoms with Gasteiger partial charge in [0.05, 0.1) is 17.7 Å². The predicted molar refractivity (Wildman–Crippen MR) is 107 cm³/mol. The van der Waals surface area contributed by atoms with E-state index >= 15 is 0 Å². The molecule has 2 heterocycles. The van der Waals surface area contributed by atoms with E-state index in [0.717, 1.165) is 0 Å². The number of hydrogen-bond donors (Lipinski definition) is 1. The summed E-state index contributed by atoms with van der Waals surface area (Å²) in [6.07, 6.45) is -3.15. The fourth-order valence-electron chi connectivity index (χ4n) is 3.32. The molecule has 0 bridgehead atoms. The summed E-state index contributed by atoms with van der Waals surface area (Å²) in [7, 11) is 0. The zero-order chi connectivity index (χ0) is 22.5. The molecule has 0 spiro atoms. The van der Waals surface area contributed by atoms with Crippen LogP contribution in [-0.2, 0) is 14.2 Å². The van der Waals surface area contributed by atoms with Crippen molar-refractivity contribution >= 4 is 11.9 Å². The number of ether oxygens (including phenoxy) is 3. The number of aromatic nitrogens is 3. The SMILES string of the molecule is N#Cc1ncn([C@@H]2O[C@H](CO)C(OC(=O)c3ccccc3)[C@H]2OC(=O)c2ccccc2)n1. The molecular formula is C22H18N4O6. The van der Waals surface area contributed by atoms with Gasteiger partial charge in [-0.15, -0.1) is 5.10 Å². The fourth-order valence-corrected chi connectivity index (χ4v) is 3.32. The average Bonchev–Trinajstić information content (AvgIpc) is 3.45. The molecule has 4 rings (SSSR count). The van der Waals surface area contributed by atoms with Crippen LogP contribution in [0.1, 0.15) is 32.8 Å². The molecule has 1 N–H and O–H groups in total. The number of hydrogen-bond acceptors (Lipinski definition) is 9. The van der Waals surface area contributed by atoms with Crippen LogP contribution in [0.25, 0.3) is 0 Å². The molecule has 0 aliphatic carbocycles. The lowest BCUT2D eigenvalue weighted by Gasteiger charge is -2.24. The number of aliphatic hydroxyl groups is 1. The number of nitrogens with zero attached hydrogens (tertiary/aromatic N) is 4. The van der Waals surface area contributed by atoms with Gasteiger partial charge in [0.2, 0.25) is 0 Å². The first-order chi connectivity index (χ1) is 15.6. The minimum Gasteiger partial charge on any atom is -0.452 e. The highest BCUT2D eigenvalue weighted by Crippen LogP contribution is 2.34. The Morgan fingerprint density at radius 3 is 2.06 bits per heavy atom. The number of benzene rings is 2. The Morgan fingerprint density at radius 2 is 1.56 bits per heavy atom. The van der Waals surface area contributed by atoms with Crippen LogP contribution in [0.5, 0.6) is 0 Å². The molecular weight excluding hydrogens is 416 g/mol. The van der Waals surface area contributed by atoms with Gasteiger partial charge in [-0.25, -0.2) is 19.3 Å². The summed E-state index contributed by atoms with van der Waals surface area (Å²) in [6, 6.07) is 18.3. The van der Waals surface area contributed by atoms with Crippen molar-refractivity contribution < 1.29 is 28.9 Å². The highest BCUT2D eigenvalue weighted by molar-refractivity contribution is 5.90. The lowest BCUT2D eigenvalue weighted by Crippen LogP contribution is -2.40. The van der Waals surface area contributed by atoms with Gasteiger partial charge in [-0.3, -0.25) is 0 Å². The van der Waals surface area contributed by atoms with Gasteiger partial charge in [-0.2, -0.15) is 5.26 Å². The maximum absolute atomic E-state index is 12.8. The normalized spacial score (nSPS) is 22.1. The van der Waals surface area contributed by atoms with E-state index in [1.807, 2.05) is 0 Å². The average molecular weight is 434 g/mol. The number of carbonyl (C=O) groups excluding carboxylic acids is 2. The van der Waals surface area contributed by atoms with E-state index < -0.39 is 43.1 Å². The van der Waals surface area contributed by atoms with Crippen molar-refractivity contribution in [1.29, 1.82) is 5.26 Å². The van der Waals surface area contributed by atoms with Crippen molar-refractivity contribution in [1.82, 2.24) is 14.8 Å². The zero-order valence-electron chi connectivity index (χ0n) is 16.6. The van der Waals surface area contributed by atoms with Crippen LogP contribution in [-0.4, -0.2) is 56.7 Å². The minimum atomic E-state index is -1.17. The van der Waals surface area contributed by atoms with Gasteiger partial charge in [-0.05, 0) is 24.3 Å². The second-order valence-corrected chi connectivity index (χ2v) is 6.88. The molecule has 10 nitrogen and oxygen atoms in total. The number of nitriles is 1. The van der Waals surface area contributed by atoms with Crippen molar-refractivity contribution in [2.24, 2.45) is 0 Å². The molecule has 32 heavy (non-hydrogen) atoms. The molecule has 1 fully saturated rings. The van der Waals surface area contributed by atoms with Crippen molar-refractivity contribution in [2.75, 3.05) is 6.61 Å². The molecule has 1 saturated heterocycles. The summed E-state index contributed by atoms with van der Waals surface area (Å²) in [6.45, 7) is -0.511. The van der Waals surface area contributed by atoms with Crippen LogP contribution in [0.15, 0.2) is 67.0 Å². The molecule has 1 aromatic heterocycles. The van der Waals surface area contributed by atoms with Gasteiger partial charge >= 0.3 is 11.9 Å². The highest BCUT2D eigenvalue weighted by Gasteiger charge is 2.51. The summed E-state index contributed by atoms with van der Waals surface area (Å²) in [4.78, 5) is 29.3. The summed E-state index contributed by atoms with van der Waals surface area (Å²) < 4.78 is 18.3. The molecule has 10 heteroatoms. The van der Waals surface area contributed by atoms with Crippen LogP contribution in [0.2, 0.25) is 0 Å². The lowest BCUT2D eigenvalue weighted by atomic mass is 10.1. The van der Waals surface area contributed by atoms with E-state index in [1.165, 1.54) is 11.0 Å². The number of rotatable bonds is 6. The Hall–Kier alpha value is -4.07. The summed E-state index contributed by atoms with van der Waals surface area (Å²) in [5.41, 5.74) is 0.566. The molecule has 2 aromatic carbocycles. The third-order valence-electron chi connectivity index (χ3n) is 4.84. The molecule has 1 unspecified atom stereocenters. The van der Waals surface area contributed by atoms with E-state index in [-0.39, 0.29) is 17.0 Å². The molecule has 0 amide bonds. The van der Waals surface area contributed by atoms with Gasteiger partial charge in [0.1, 0.15) is 18.5 Å². The van der Waals surface area contributed by atoms with Gasteiger partial charge in [0.15, 0.2) is 18.4 Å². The maximum Gasteiger partial charge on any atom is 0.338 e. The van der Waals surface area contributed by atoms with Crippen LogP contribution in [0.3, 0.4) is 0 Å². The van der Waals surface area contributed by atoms with Gasteiger partial charge < -0.3 is 19.3 Å². The molecule has 1 aliphatic heterocycles. The van der Waals surface area contributed by atoms with E-state index in [2.05, 4.69) is 10.1 Å². The first kappa shape index (κ1) is 21.2.